The maximum Gasteiger partial charge on any atom is 0.231 e. The fraction of sp³-hybridized carbons (Fsp3) is 0.300. The highest BCUT2D eigenvalue weighted by atomic mass is 79.9. The molecular weight excluding hydrogens is 404 g/mol. The summed E-state index contributed by atoms with van der Waals surface area (Å²) in [5.74, 6) is -3.79. The standard InChI is InChI=1S/C20H18BrF2NO2/c1-11(18-15(22)8-13(21)9-16(18)23)7-17(25)19-14(10-24-20(19)26)12-5-3-2-4-6-12/h2-6,8-9,11,14,19H,7,10H2,1H3,(H,24,26)/t11-,14?,19-/m1/s1. The number of halogens is 3. The molecule has 0 aromatic heterocycles. The smallest absolute Gasteiger partial charge is 0.231 e. The van der Waals surface area contributed by atoms with Crippen molar-refractivity contribution in [1.82, 2.24) is 5.32 Å². The molecule has 2 aromatic rings. The number of ketones is 1. The van der Waals surface area contributed by atoms with Crippen LogP contribution in [0.1, 0.15) is 36.3 Å². The van der Waals surface area contributed by atoms with Crippen LogP contribution in [-0.4, -0.2) is 18.2 Å². The highest BCUT2D eigenvalue weighted by Crippen LogP contribution is 2.34. The number of rotatable bonds is 5. The van der Waals surface area contributed by atoms with Crippen molar-refractivity contribution in [3.63, 3.8) is 0 Å². The lowest BCUT2D eigenvalue weighted by atomic mass is 9.82. The fourth-order valence-electron chi connectivity index (χ4n) is 3.56. The number of Topliss-reactive ketones (excluding diaryl/α,β-unsaturated/α-hetero) is 1. The molecule has 1 amide bonds. The van der Waals surface area contributed by atoms with Crippen LogP contribution in [0.5, 0.6) is 0 Å². The van der Waals surface area contributed by atoms with Gasteiger partial charge in [-0.1, -0.05) is 53.2 Å². The van der Waals surface area contributed by atoms with Crippen LogP contribution in [0.15, 0.2) is 46.9 Å². The molecule has 6 heteroatoms. The Balaban J connectivity index is 1.81. The zero-order valence-corrected chi connectivity index (χ0v) is 15.7. The summed E-state index contributed by atoms with van der Waals surface area (Å²) in [6.45, 7) is 1.98. The van der Waals surface area contributed by atoms with Gasteiger partial charge in [0.05, 0.1) is 0 Å². The van der Waals surface area contributed by atoms with E-state index in [9.17, 15) is 18.4 Å². The maximum absolute atomic E-state index is 14.1. The minimum absolute atomic E-state index is 0.100. The molecule has 1 fully saturated rings. The average molecular weight is 422 g/mol. The second-order valence-corrected chi connectivity index (χ2v) is 7.51. The van der Waals surface area contributed by atoms with Gasteiger partial charge in [-0.15, -0.1) is 0 Å². The third-order valence-corrected chi connectivity index (χ3v) is 5.26. The first-order valence-electron chi connectivity index (χ1n) is 8.38. The zero-order chi connectivity index (χ0) is 18.8. The van der Waals surface area contributed by atoms with Gasteiger partial charge >= 0.3 is 0 Å². The van der Waals surface area contributed by atoms with E-state index in [0.717, 1.165) is 5.56 Å². The number of carbonyl (C=O) groups excluding carboxylic acids is 2. The number of amides is 1. The van der Waals surface area contributed by atoms with Gasteiger partial charge < -0.3 is 5.32 Å². The van der Waals surface area contributed by atoms with Crippen LogP contribution in [-0.2, 0) is 9.59 Å². The summed E-state index contributed by atoms with van der Waals surface area (Å²) in [7, 11) is 0. The van der Waals surface area contributed by atoms with Gasteiger partial charge in [0.25, 0.3) is 0 Å². The van der Waals surface area contributed by atoms with Crippen molar-refractivity contribution >= 4 is 27.6 Å². The van der Waals surface area contributed by atoms with Gasteiger partial charge in [0, 0.05) is 28.9 Å². The van der Waals surface area contributed by atoms with E-state index in [2.05, 4.69) is 21.2 Å². The third-order valence-electron chi connectivity index (χ3n) is 4.80. The van der Waals surface area contributed by atoms with Gasteiger partial charge in [-0.3, -0.25) is 9.59 Å². The molecule has 1 N–H and O–H groups in total. The normalized spacial score (nSPS) is 20.7. The molecule has 0 radical (unpaired) electrons. The lowest BCUT2D eigenvalue weighted by molar-refractivity contribution is -0.132. The molecule has 1 aliphatic heterocycles. The Morgan fingerprint density at radius 1 is 1.23 bits per heavy atom. The Hall–Kier alpha value is -2.08. The van der Waals surface area contributed by atoms with Crippen LogP contribution in [0.4, 0.5) is 8.78 Å². The number of hydrogen-bond acceptors (Lipinski definition) is 2. The van der Waals surface area contributed by atoms with Gasteiger partial charge in [0.1, 0.15) is 23.3 Å². The quantitative estimate of drug-likeness (QED) is 0.730. The summed E-state index contributed by atoms with van der Waals surface area (Å²) < 4.78 is 28.6. The Bertz CT molecular complexity index is 818. The van der Waals surface area contributed by atoms with Crippen LogP contribution in [0.25, 0.3) is 0 Å². The van der Waals surface area contributed by atoms with E-state index in [1.165, 1.54) is 12.1 Å². The van der Waals surface area contributed by atoms with E-state index in [-0.39, 0.29) is 29.6 Å². The van der Waals surface area contributed by atoms with E-state index < -0.39 is 23.5 Å². The molecule has 0 spiro atoms. The highest BCUT2D eigenvalue weighted by Gasteiger charge is 2.41. The first-order valence-corrected chi connectivity index (χ1v) is 9.17. The summed E-state index contributed by atoms with van der Waals surface area (Å²) in [5.41, 5.74) is 0.772. The minimum atomic E-state index is -0.832. The molecular formula is C20H18BrF2NO2. The second-order valence-electron chi connectivity index (χ2n) is 6.59. The monoisotopic (exact) mass is 421 g/mol. The molecule has 2 aromatic carbocycles. The van der Waals surface area contributed by atoms with E-state index in [1.807, 2.05) is 30.3 Å². The Labute approximate surface area is 158 Å². The summed E-state index contributed by atoms with van der Waals surface area (Å²) in [4.78, 5) is 25.0. The van der Waals surface area contributed by atoms with Crippen LogP contribution < -0.4 is 5.32 Å². The van der Waals surface area contributed by atoms with Gasteiger partial charge in [0.15, 0.2) is 0 Å². The van der Waals surface area contributed by atoms with Crippen molar-refractivity contribution in [2.75, 3.05) is 6.54 Å². The largest absolute Gasteiger partial charge is 0.355 e. The van der Waals surface area contributed by atoms with Crippen molar-refractivity contribution < 1.29 is 18.4 Å². The van der Waals surface area contributed by atoms with E-state index in [0.29, 0.717) is 11.0 Å². The lowest BCUT2D eigenvalue weighted by Gasteiger charge is -2.19. The van der Waals surface area contributed by atoms with E-state index >= 15 is 0 Å². The number of hydrogen-bond donors (Lipinski definition) is 1. The van der Waals surface area contributed by atoms with Crippen LogP contribution in [0, 0.1) is 17.6 Å². The van der Waals surface area contributed by atoms with E-state index in [4.69, 9.17) is 0 Å². The first kappa shape index (κ1) is 18.7. The maximum atomic E-state index is 14.1. The van der Waals surface area contributed by atoms with Gasteiger partial charge in [-0.2, -0.15) is 0 Å². The molecule has 1 heterocycles. The first-order chi connectivity index (χ1) is 12.4. The molecule has 1 unspecified atom stereocenters. The molecule has 1 aliphatic rings. The summed E-state index contributed by atoms with van der Waals surface area (Å²) in [6.07, 6.45) is -0.100. The van der Waals surface area contributed by atoms with Crippen molar-refractivity contribution in [3.8, 4) is 0 Å². The Kier molecular flexibility index (Phi) is 5.51. The van der Waals surface area contributed by atoms with Gasteiger partial charge in [-0.05, 0) is 23.6 Å². The predicted molar refractivity (Wildman–Crippen MR) is 97.8 cm³/mol. The van der Waals surface area contributed by atoms with Gasteiger partial charge in [0.2, 0.25) is 5.91 Å². The summed E-state index contributed by atoms with van der Waals surface area (Å²) >= 11 is 3.04. The summed E-state index contributed by atoms with van der Waals surface area (Å²) in [6, 6.07) is 11.7. The van der Waals surface area contributed by atoms with Crippen LogP contribution in [0.3, 0.4) is 0 Å². The highest BCUT2D eigenvalue weighted by molar-refractivity contribution is 9.10. The lowest BCUT2D eigenvalue weighted by Crippen LogP contribution is -2.28. The second kappa shape index (κ2) is 7.66. The fourth-order valence-corrected chi connectivity index (χ4v) is 3.96. The zero-order valence-electron chi connectivity index (χ0n) is 14.1. The number of carbonyl (C=O) groups is 2. The van der Waals surface area contributed by atoms with Crippen molar-refractivity contribution in [3.05, 3.63) is 69.7 Å². The Morgan fingerprint density at radius 3 is 2.46 bits per heavy atom. The van der Waals surface area contributed by atoms with Crippen molar-refractivity contribution in [1.29, 1.82) is 0 Å². The van der Waals surface area contributed by atoms with Gasteiger partial charge in [-0.25, -0.2) is 8.78 Å². The topological polar surface area (TPSA) is 46.2 Å². The molecule has 26 heavy (non-hydrogen) atoms. The molecule has 3 atom stereocenters. The third kappa shape index (κ3) is 3.70. The van der Waals surface area contributed by atoms with Crippen molar-refractivity contribution in [2.45, 2.75) is 25.2 Å². The molecule has 136 valence electrons. The average Bonchev–Trinajstić information content (AvgIpc) is 2.96. The Morgan fingerprint density at radius 2 is 1.85 bits per heavy atom. The molecule has 3 rings (SSSR count). The minimum Gasteiger partial charge on any atom is -0.355 e. The number of nitrogens with one attached hydrogen (secondary N) is 1. The van der Waals surface area contributed by atoms with Crippen LogP contribution >= 0.6 is 15.9 Å². The molecule has 0 saturated carbocycles. The predicted octanol–water partition coefficient (Wildman–Crippen LogP) is 4.32. The molecule has 1 saturated heterocycles. The SMILES string of the molecule is C[C@H](CC(=O)[C@@H]1C(=O)NCC1c1ccccc1)c1c(F)cc(Br)cc1F. The van der Waals surface area contributed by atoms with Crippen LogP contribution in [0.2, 0.25) is 0 Å². The van der Waals surface area contributed by atoms with E-state index in [1.54, 1.807) is 6.92 Å². The molecule has 0 aliphatic carbocycles. The summed E-state index contributed by atoms with van der Waals surface area (Å²) in [5, 5.41) is 2.73. The molecule has 3 nitrogen and oxygen atoms in total. The molecule has 0 bridgehead atoms. The van der Waals surface area contributed by atoms with Crippen molar-refractivity contribution in [2.24, 2.45) is 5.92 Å². The number of benzene rings is 2.